The van der Waals surface area contributed by atoms with Crippen LogP contribution in [0.15, 0.2) is 0 Å². The molecule has 1 aliphatic carbocycles. The maximum atomic E-state index is 14.5. The Bertz CT molecular complexity index is 2730. The molecule has 4 rings (SSSR count). The van der Waals surface area contributed by atoms with Gasteiger partial charge in [0.05, 0.1) is 110 Å². The number of amides is 10. The molecule has 0 radical (unpaired) electrons. The van der Waals surface area contributed by atoms with Crippen LogP contribution < -0.4 is 53.2 Å². The molecule has 3 aliphatic heterocycles. The smallest absolute Gasteiger partial charge is 0.237 e. The molecule has 0 aromatic rings. The van der Waals surface area contributed by atoms with Gasteiger partial charge in [0.2, 0.25) is 59.1 Å². The zero-order valence-corrected chi connectivity index (χ0v) is 67.8. The summed E-state index contributed by atoms with van der Waals surface area (Å²) in [6.07, 6.45) is -6.44. The minimum absolute atomic E-state index is 0.0394. The van der Waals surface area contributed by atoms with Crippen LogP contribution in [-0.2, 0) is 95.3 Å². The Kier molecular flexibility index (Phi) is 50.3. The first kappa shape index (κ1) is 101. The highest BCUT2D eigenvalue weighted by atomic mass is 16.7. The summed E-state index contributed by atoms with van der Waals surface area (Å²) in [6, 6.07) is -4.30. The number of hydrogen-bond acceptors (Lipinski definition) is 30. The number of nitrogens with one attached hydrogen (secondary N) is 10. The molecular weight excluding hydrogens is 1520 g/mol. The quantitative estimate of drug-likeness (QED) is 0.0253. The van der Waals surface area contributed by atoms with Gasteiger partial charge in [-0.2, -0.15) is 0 Å². The van der Waals surface area contributed by atoms with Crippen molar-refractivity contribution in [3.05, 3.63) is 0 Å². The van der Waals surface area contributed by atoms with E-state index in [0.717, 1.165) is 12.8 Å². The summed E-state index contributed by atoms with van der Waals surface area (Å²) in [4.78, 5) is 131. The summed E-state index contributed by atoms with van der Waals surface area (Å²) in [5, 5.41) is 119. The fraction of sp³-hybridized carbons (Fsp3) is 0.867. The summed E-state index contributed by atoms with van der Waals surface area (Å²) < 4.78 is 56.4. The highest BCUT2D eigenvalue weighted by Gasteiger charge is 2.48. The summed E-state index contributed by atoms with van der Waals surface area (Å²) in [7, 11) is 0. The Labute approximate surface area is 673 Å². The molecule has 19 N–H and O–H groups in total. The van der Waals surface area contributed by atoms with Gasteiger partial charge in [-0.3, -0.25) is 52.8 Å². The topological polar surface area (TPSA) is 569 Å². The van der Waals surface area contributed by atoms with Crippen molar-refractivity contribution in [2.45, 2.75) is 273 Å². The third-order valence-electron chi connectivity index (χ3n) is 19.4. The molecule has 0 aromatic heterocycles. The monoisotopic (exact) mass is 1650 g/mol. The van der Waals surface area contributed by atoms with Crippen LogP contribution in [0.25, 0.3) is 0 Å². The maximum absolute atomic E-state index is 14.5. The summed E-state index contributed by atoms with van der Waals surface area (Å²) >= 11 is 0. The van der Waals surface area contributed by atoms with Gasteiger partial charge in [-0.05, 0) is 104 Å². The Hall–Kier alpha value is -6.10. The lowest BCUT2D eigenvalue weighted by Crippen LogP contribution is -2.64. The van der Waals surface area contributed by atoms with Gasteiger partial charge in [-0.15, -0.1) is 0 Å². The number of rotatable bonds is 58. The number of ether oxygens (including phenoxy) is 10. The normalized spacial score (nSPS) is 25.9. The molecule has 0 aromatic carbocycles. The van der Waals surface area contributed by atoms with Crippen LogP contribution in [0.1, 0.15) is 164 Å². The van der Waals surface area contributed by atoms with E-state index in [4.69, 9.17) is 47.4 Å². The first-order chi connectivity index (χ1) is 55.0. The second kappa shape index (κ2) is 57.1. The van der Waals surface area contributed by atoms with Gasteiger partial charge in [0.15, 0.2) is 18.9 Å². The maximum Gasteiger partial charge on any atom is 0.237 e. The number of aliphatic hydroxyl groups is 9. The van der Waals surface area contributed by atoms with Crippen molar-refractivity contribution >= 4 is 59.1 Å². The highest BCUT2D eigenvalue weighted by molar-refractivity contribution is 5.86. The molecule has 0 bridgehead atoms. The fourth-order valence-corrected chi connectivity index (χ4v) is 13.4. The molecule has 16 unspecified atom stereocenters. The predicted octanol–water partition coefficient (Wildman–Crippen LogP) is -5.37. The Morgan fingerprint density at radius 1 is 0.391 bits per heavy atom. The summed E-state index contributed by atoms with van der Waals surface area (Å²) in [5.74, 6) is -3.73. The van der Waals surface area contributed by atoms with E-state index in [0.29, 0.717) is 90.0 Å². The van der Waals surface area contributed by atoms with E-state index in [1.54, 1.807) is 0 Å². The molecule has 4 aliphatic rings. The first-order valence-corrected chi connectivity index (χ1v) is 40.5. The van der Waals surface area contributed by atoms with Crippen molar-refractivity contribution < 1.29 is 141 Å². The summed E-state index contributed by atoms with van der Waals surface area (Å²) in [5.41, 5.74) is -0.297. The average Bonchev–Trinajstić information content (AvgIpc) is 0.817. The lowest BCUT2D eigenvalue weighted by atomic mass is 9.86. The van der Waals surface area contributed by atoms with Gasteiger partial charge in [0, 0.05) is 91.8 Å². The van der Waals surface area contributed by atoms with E-state index < -0.39 is 153 Å². The number of nitrogens with zero attached hydrogens (tertiary/aromatic N) is 1. The molecule has 0 spiro atoms. The Balaban J connectivity index is 1.29. The second-order valence-electron chi connectivity index (χ2n) is 30.1. The predicted molar refractivity (Wildman–Crippen MR) is 409 cm³/mol. The van der Waals surface area contributed by atoms with Crippen LogP contribution in [0, 0.1) is 5.92 Å². The molecule has 115 heavy (non-hydrogen) atoms. The SMILES string of the molecule is CC(=O)NC1C(OCCOCCNC(=O)CCCCCNC(=O)CN(CC(=O)NCCCCCC(=O)NCCOCCOC2OC(CO)C(O)C(O)C2NC(C)=O)C(CCCCNC(=O)C2CCC(OC(C)(C)C)CC2)C(=O)NCCCCCC(=O)NCCOCCOC2OC(CO)C(O)C(O)C2NC(C)=O)OC(CO)C(O)C1O. The van der Waals surface area contributed by atoms with Gasteiger partial charge in [-0.1, -0.05) is 19.3 Å². The Morgan fingerprint density at radius 3 is 1.06 bits per heavy atom. The van der Waals surface area contributed by atoms with Crippen molar-refractivity contribution in [3.8, 4) is 0 Å². The lowest BCUT2D eigenvalue weighted by Gasteiger charge is -2.42. The van der Waals surface area contributed by atoms with E-state index in [9.17, 15) is 93.9 Å². The van der Waals surface area contributed by atoms with E-state index in [1.165, 1.54) is 25.7 Å². The molecule has 40 heteroatoms. The van der Waals surface area contributed by atoms with Crippen molar-refractivity contribution in [2.24, 2.45) is 5.92 Å². The molecule has 10 amide bonds. The van der Waals surface area contributed by atoms with Gasteiger partial charge in [0.1, 0.15) is 73.1 Å². The van der Waals surface area contributed by atoms with Crippen LogP contribution in [-0.4, -0.2) is 358 Å². The number of hydrogen-bond donors (Lipinski definition) is 19. The first-order valence-electron chi connectivity index (χ1n) is 40.5. The van der Waals surface area contributed by atoms with E-state index in [1.807, 2.05) is 20.8 Å². The number of unbranched alkanes of at least 4 members (excludes halogenated alkanes) is 7. The van der Waals surface area contributed by atoms with Gasteiger partial charge in [0.25, 0.3) is 0 Å². The Morgan fingerprint density at radius 2 is 0.722 bits per heavy atom. The number of carbonyl (C=O) groups is 10. The lowest BCUT2D eigenvalue weighted by molar-refractivity contribution is -0.272. The van der Waals surface area contributed by atoms with Crippen LogP contribution in [0.2, 0.25) is 0 Å². The molecular formula is C75H135N11O29. The van der Waals surface area contributed by atoms with Crippen molar-refractivity contribution in [1.82, 2.24) is 58.1 Å². The third-order valence-corrected chi connectivity index (χ3v) is 19.4. The molecule has 664 valence electrons. The fourth-order valence-electron chi connectivity index (χ4n) is 13.4. The third kappa shape index (κ3) is 41.0. The van der Waals surface area contributed by atoms with Crippen molar-refractivity contribution in [1.29, 1.82) is 0 Å². The van der Waals surface area contributed by atoms with E-state index >= 15 is 0 Å². The second-order valence-corrected chi connectivity index (χ2v) is 30.1. The largest absolute Gasteiger partial charge is 0.394 e. The van der Waals surface area contributed by atoms with Gasteiger partial charge in [-0.25, -0.2) is 0 Å². The highest BCUT2D eigenvalue weighted by Crippen LogP contribution is 2.30. The van der Waals surface area contributed by atoms with Crippen molar-refractivity contribution in [2.75, 3.05) is 138 Å². The molecule has 16 atom stereocenters. The number of carbonyl (C=O) groups excluding carboxylic acids is 10. The molecule has 3 saturated heterocycles. The van der Waals surface area contributed by atoms with E-state index in [-0.39, 0.29) is 179 Å². The zero-order chi connectivity index (χ0) is 84.7. The standard InChI is InChI=1S/C75H135N11O29/c1-47(90)83-61-67(101)64(98)53(44-87)112-72(61)109-39-36-106-33-30-78-56(93)19-10-7-14-26-76-59(96)42-86(43-60(97)77-27-15-8-11-20-57(94)79-31-34-107-37-40-110-73-62(84-48(2)91)68(102)65(99)54(45-88)113-73)52(18-13-17-29-81-70(104)50-22-24-51(25-23-50)115-75(4,5)6)71(105)82-28-16-9-12-21-58(95)80-32-35-108-38-41-111-74-63(85-49(3)92)69(103)66(100)55(46-89)114-74/h50-55,61-69,72-74,87-89,98-103H,7-46H2,1-6H3,(H,76,96)(H,77,97)(H,78,93)(H,79,94)(H,80,95)(H,81,104)(H,82,105)(H,83,90)(H,84,91)(H,85,92). The van der Waals surface area contributed by atoms with Crippen LogP contribution in [0.3, 0.4) is 0 Å². The molecule has 1 saturated carbocycles. The minimum Gasteiger partial charge on any atom is -0.394 e. The molecule has 40 nitrogen and oxygen atoms in total. The van der Waals surface area contributed by atoms with E-state index in [2.05, 4.69) is 53.2 Å². The zero-order valence-electron chi connectivity index (χ0n) is 67.8. The molecule has 3 heterocycles. The van der Waals surface area contributed by atoms with Crippen molar-refractivity contribution in [3.63, 3.8) is 0 Å². The van der Waals surface area contributed by atoms with Gasteiger partial charge >= 0.3 is 0 Å². The minimum atomic E-state index is -1.47. The number of aliphatic hydroxyl groups excluding tert-OH is 9. The van der Waals surface area contributed by atoms with Crippen LogP contribution in [0.5, 0.6) is 0 Å². The molecule has 4 fully saturated rings. The summed E-state index contributed by atoms with van der Waals surface area (Å²) in [6.45, 7) is 9.18. The van der Waals surface area contributed by atoms with Crippen LogP contribution >= 0.6 is 0 Å². The van der Waals surface area contributed by atoms with Crippen LogP contribution in [0.4, 0.5) is 0 Å². The van der Waals surface area contributed by atoms with Gasteiger partial charge < -0.3 is 146 Å². The average molecular weight is 1650 g/mol.